The van der Waals surface area contributed by atoms with Crippen LogP contribution in [0.25, 0.3) is 0 Å². The fourth-order valence-electron chi connectivity index (χ4n) is 1.87. The lowest BCUT2D eigenvalue weighted by atomic mass is 10.2. The highest BCUT2D eigenvalue weighted by atomic mass is 32.2. The van der Waals surface area contributed by atoms with Crippen LogP contribution in [0.5, 0.6) is 0 Å². The third-order valence-electron chi connectivity index (χ3n) is 2.85. The maximum Gasteiger partial charge on any atom is 0.134 e. The zero-order chi connectivity index (χ0) is 13.2. The van der Waals surface area contributed by atoms with E-state index in [1.54, 1.807) is 6.33 Å². The Bertz CT molecular complexity index is 344. The summed E-state index contributed by atoms with van der Waals surface area (Å²) in [4.78, 5) is 8.56. The Morgan fingerprint density at radius 1 is 1.17 bits per heavy atom. The van der Waals surface area contributed by atoms with Gasteiger partial charge >= 0.3 is 0 Å². The first-order chi connectivity index (χ1) is 8.83. The van der Waals surface area contributed by atoms with Crippen molar-refractivity contribution in [3.05, 3.63) is 11.9 Å². The molecule has 0 bridgehead atoms. The molecule has 0 aliphatic heterocycles. The van der Waals surface area contributed by atoms with E-state index in [4.69, 9.17) is 0 Å². The van der Waals surface area contributed by atoms with E-state index in [0.29, 0.717) is 0 Å². The number of anilines is 2. The van der Waals surface area contributed by atoms with E-state index in [-0.39, 0.29) is 0 Å². The van der Waals surface area contributed by atoms with E-state index in [9.17, 15) is 0 Å². The molecule has 0 atom stereocenters. The van der Waals surface area contributed by atoms with Crippen molar-refractivity contribution >= 4 is 23.4 Å². The molecule has 0 aliphatic rings. The van der Waals surface area contributed by atoms with Crippen molar-refractivity contribution in [3.63, 3.8) is 0 Å². The standard InChI is InChI=1S/C13H24N4S/c1-4-11-12(14-2)16-10-17-13(11)15-8-6-5-7-9-18-3/h10H,4-9H2,1-3H3,(H2,14,15,16,17). The molecule has 0 aromatic carbocycles. The van der Waals surface area contributed by atoms with Gasteiger partial charge in [-0.1, -0.05) is 13.3 Å². The molecule has 102 valence electrons. The Morgan fingerprint density at radius 3 is 2.61 bits per heavy atom. The van der Waals surface area contributed by atoms with Crippen LogP contribution in [-0.4, -0.2) is 35.6 Å². The maximum atomic E-state index is 4.33. The summed E-state index contributed by atoms with van der Waals surface area (Å²) in [5, 5.41) is 6.53. The number of hydrogen-bond acceptors (Lipinski definition) is 5. The molecule has 0 amide bonds. The first kappa shape index (κ1) is 15.1. The zero-order valence-corrected chi connectivity index (χ0v) is 12.4. The van der Waals surface area contributed by atoms with E-state index in [0.717, 1.165) is 24.6 Å². The summed E-state index contributed by atoms with van der Waals surface area (Å²) in [6.45, 7) is 3.12. The van der Waals surface area contributed by atoms with Gasteiger partial charge in [0.25, 0.3) is 0 Å². The Morgan fingerprint density at radius 2 is 1.94 bits per heavy atom. The average molecular weight is 268 g/mol. The van der Waals surface area contributed by atoms with Gasteiger partial charge in [0.05, 0.1) is 0 Å². The summed E-state index contributed by atoms with van der Waals surface area (Å²) in [6.07, 6.45) is 8.48. The third-order valence-corrected chi connectivity index (χ3v) is 3.55. The minimum absolute atomic E-state index is 0.928. The second-order valence-electron chi connectivity index (χ2n) is 4.13. The number of rotatable bonds is 9. The van der Waals surface area contributed by atoms with Crippen molar-refractivity contribution in [3.8, 4) is 0 Å². The van der Waals surface area contributed by atoms with Gasteiger partial charge in [-0.2, -0.15) is 11.8 Å². The van der Waals surface area contributed by atoms with E-state index in [2.05, 4.69) is 33.8 Å². The van der Waals surface area contributed by atoms with Crippen LogP contribution < -0.4 is 10.6 Å². The van der Waals surface area contributed by atoms with Crippen LogP contribution in [0.4, 0.5) is 11.6 Å². The SMILES string of the molecule is CCc1c(NC)ncnc1NCCCCCSC. The second-order valence-corrected chi connectivity index (χ2v) is 5.12. The molecule has 2 N–H and O–H groups in total. The molecule has 1 heterocycles. The van der Waals surface area contributed by atoms with Crippen LogP contribution in [-0.2, 0) is 6.42 Å². The summed E-state index contributed by atoms with van der Waals surface area (Å²) in [5.41, 5.74) is 1.17. The van der Waals surface area contributed by atoms with Gasteiger partial charge in [-0.15, -0.1) is 0 Å². The van der Waals surface area contributed by atoms with Crippen LogP contribution >= 0.6 is 11.8 Å². The summed E-state index contributed by atoms with van der Waals surface area (Å²) < 4.78 is 0. The summed E-state index contributed by atoms with van der Waals surface area (Å²) in [6, 6.07) is 0. The molecule has 0 saturated heterocycles. The highest BCUT2D eigenvalue weighted by Gasteiger charge is 2.07. The van der Waals surface area contributed by atoms with Crippen molar-refractivity contribution in [2.24, 2.45) is 0 Å². The molecule has 0 radical (unpaired) electrons. The summed E-state index contributed by atoms with van der Waals surface area (Å²) >= 11 is 1.92. The van der Waals surface area contributed by atoms with Crippen molar-refractivity contribution < 1.29 is 0 Å². The van der Waals surface area contributed by atoms with Crippen LogP contribution in [0.2, 0.25) is 0 Å². The largest absolute Gasteiger partial charge is 0.373 e. The van der Waals surface area contributed by atoms with Crippen molar-refractivity contribution in [2.45, 2.75) is 32.6 Å². The molecule has 0 saturated carbocycles. The number of aromatic nitrogens is 2. The molecule has 0 spiro atoms. The Labute approximate surface area is 114 Å². The fraction of sp³-hybridized carbons (Fsp3) is 0.692. The van der Waals surface area contributed by atoms with Gasteiger partial charge in [-0.3, -0.25) is 0 Å². The van der Waals surface area contributed by atoms with Gasteiger partial charge in [0.15, 0.2) is 0 Å². The Hall–Kier alpha value is -0.970. The maximum absolute atomic E-state index is 4.33. The zero-order valence-electron chi connectivity index (χ0n) is 11.6. The van der Waals surface area contributed by atoms with Crippen molar-refractivity contribution in [1.82, 2.24) is 9.97 Å². The quantitative estimate of drug-likeness (QED) is 0.674. The summed E-state index contributed by atoms with van der Waals surface area (Å²) in [7, 11) is 1.90. The first-order valence-electron chi connectivity index (χ1n) is 6.57. The number of unbranched alkanes of at least 4 members (excludes halogenated alkanes) is 2. The molecule has 18 heavy (non-hydrogen) atoms. The van der Waals surface area contributed by atoms with Gasteiger partial charge < -0.3 is 10.6 Å². The Balaban J connectivity index is 2.41. The highest BCUT2D eigenvalue weighted by molar-refractivity contribution is 7.98. The second kappa shape index (κ2) is 9.03. The highest BCUT2D eigenvalue weighted by Crippen LogP contribution is 2.19. The lowest BCUT2D eigenvalue weighted by molar-refractivity contribution is 0.747. The van der Waals surface area contributed by atoms with E-state index in [1.165, 1.54) is 30.6 Å². The van der Waals surface area contributed by atoms with Crippen LogP contribution in [0, 0.1) is 0 Å². The van der Waals surface area contributed by atoms with E-state index < -0.39 is 0 Å². The van der Waals surface area contributed by atoms with Crippen molar-refractivity contribution in [1.29, 1.82) is 0 Å². The van der Waals surface area contributed by atoms with Crippen LogP contribution in [0.1, 0.15) is 31.7 Å². The molecule has 4 nitrogen and oxygen atoms in total. The molecule has 0 unspecified atom stereocenters. The van der Waals surface area contributed by atoms with Crippen LogP contribution in [0.15, 0.2) is 6.33 Å². The molecule has 1 rings (SSSR count). The Kier molecular flexibility index (Phi) is 7.57. The molecular weight excluding hydrogens is 244 g/mol. The minimum Gasteiger partial charge on any atom is -0.373 e. The van der Waals surface area contributed by atoms with Gasteiger partial charge in [-0.25, -0.2) is 9.97 Å². The van der Waals surface area contributed by atoms with Gasteiger partial charge in [0.2, 0.25) is 0 Å². The monoisotopic (exact) mass is 268 g/mol. The summed E-state index contributed by atoms with van der Waals surface area (Å²) in [5.74, 6) is 3.16. The molecule has 5 heteroatoms. The average Bonchev–Trinajstić information content (AvgIpc) is 2.42. The van der Waals surface area contributed by atoms with E-state index in [1.807, 2.05) is 18.8 Å². The normalized spacial score (nSPS) is 10.4. The van der Waals surface area contributed by atoms with Gasteiger partial charge in [0, 0.05) is 19.2 Å². The van der Waals surface area contributed by atoms with Gasteiger partial charge in [-0.05, 0) is 31.3 Å². The number of thioether (sulfide) groups is 1. The predicted octanol–water partition coefficient (Wildman–Crippen LogP) is 3.03. The van der Waals surface area contributed by atoms with E-state index >= 15 is 0 Å². The predicted molar refractivity (Wildman–Crippen MR) is 81.7 cm³/mol. The minimum atomic E-state index is 0.928. The molecule has 0 aliphatic carbocycles. The third kappa shape index (κ3) is 4.72. The molecule has 1 aromatic rings. The molecule has 0 fully saturated rings. The van der Waals surface area contributed by atoms with Crippen molar-refractivity contribution in [2.75, 3.05) is 36.2 Å². The number of nitrogens with zero attached hydrogens (tertiary/aromatic N) is 2. The lowest BCUT2D eigenvalue weighted by Gasteiger charge is -2.12. The number of nitrogens with one attached hydrogen (secondary N) is 2. The fourth-order valence-corrected chi connectivity index (χ4v) is 2.36. The smallest absolute Gasteiger partial charge is 0.134 e. The van der Waals surface area contributed by atoms with Crippen LogP contribution in [0.3, 0.4) is 0 Å². The molecular formula is C13H24N4S. The number of hydrogen-bond donors (Lipinski definition) is 2. The lowest BCUT2D eigenvalue weighted by Crippen LogP contribution is -2.09. The van der Waals surface area contributed by atoms with Gasteiger partial charge in [0.1, 0.15) is 18.0 Å². The topological polar surface area (TPSA) is 49.8 Å². The first-order valence-corrected chi connectivity index (χ1v) is 7.97. The molecule has 1 aromatic heterocycles.